The fraction of sp³-hybridized carbons (Fsp3) is 0.500. The van der Waals surface area contributed by atoms with Crippen LogP contribution in [-0.4, -0.2) is 37.2 Å². The van der Waals surface area contributed by atoms with Crippen molar-refractivity contribution >= 4 is 10.0 Å². The molecule has 0 amide bonds. The molecule has 1 unspecified atom stereocenters. The highest BCUT2D eigenvalue weighted by Gasteiger charge is 2.23. The summed E-state index contributed by atoms with van der Waals surface area (Å²) >= 11 is 0. The van der Waals surface area contributed by atoms with Crippen LogP contribution in [0.25, 0.3) is 0 Å². The van der Waals surface area contributed by atoms with Crippen LogP contribution in [0.1, 0.15) is 24.9 Å². The normalized spacial score (nSPS) is 13.9. The van der Waals surface area contributed by atoms with Gasteiger partial charge in [0.05, 0.1) is 6.26 Å². The molecule has 0 aliphatic heterocycles. The fourth-order valence-electron chi connectivity index (χ4n) is 1.77. The maximum absolute atomic E-state index is 11.7. The maximum Gasteiger partial charge on any atom is 0.211 e. The van der Waals surface area contributed by atoms with Gasteiger partial charge in [-0.2, -0.15) is 4.31 Å². The SMILES string of the molecule is CC(c1ccccc1)N(CCCO)S(C)(=O)=O. The van der Waals surface area contributed by atoms with Gasteiger partial charge in [0.2, 0.25) is 10.0 Å². The molecule has 0 aromatic heterocycles. The molecule has 1 N–H and O–H groups in total. The number of nitrogens with zero attached hydrogens (tertiary/aromatic N) is 1. The van der Waals surface area contributed by atoms with Crippen LogP contribution in [0.15, 0.2) is 30.3 Å². The number of hydrogen-bond donors (Lipinski definition) is 1. The number of aliphatic hydroxyl groups excluding tert-OH is 1. The summed E-state index contributed by atoms with van der Waals surface area (Å²) in [5, 5.41) is 8.81. The van der Waals surface area contributed by atoms with Gasteiger partial charge in [0.15, 0.2) is 0 Å². The molecule has 1 aromatic rings. The second-order valence-electron chi connectivity index (χ2n) is 4.04. The maximum atomic E-state index is 11.7. The second kappa shape index (κ2) is 6.14. The molecule has 1 rings (SSSR count). The molecule has 0 fully saturated rings. The van der Waals surface area contributed by atoms with E-state index in [4.69, 9.17) is 5.11 Å². The Hall–Kier alpha value is -0.910. The number of rotatable bonds is 6. The van der Waals surface area contributed by atoms with E-state index in [1.807, 2.05) is 37.3 Å². The predicted octanol–water partition coefficient (Wildman–Crippen LogP) is 1.39. The van der Waals surface area contributed by atoms with Gasteiger partial charge in [0, 0.05) is 19.2 Å². The van der Waals surface area contributed by atoms with Gasteiger partial charge in [-0.25, -0.2) is 8.42 Å². The number of benzene rings is 1. The van der Waals surface area contributed by atoms with Crippen LogP contribution in [0.3, 0.4) is 0 Å². The van der Waals surface area contributed by atoms with E-state index in [0.29, 0.717) is 13.0 Å². The molecule has 0 heterocycles. The Morgan fingerprint density at radius 1 is 1.29 bits per heavy atom. The first-order valence-corrected chi connectivity index (χ1v) is 7.44. The monoisotopic (exact) mass is 257 g/mol. The summed E-state index contributed by atoms with van der Waals surface area (Å²) in [6.07, 6.45) is 1.65. The molecule has 1 aromatic carbocycles. The van der Waals surface area contributed by atoms with Crippen LogP contribution in [0, 0.1) is 0 Å². The predicted molar refractivity (Wildman–Crippen MR) is 68.1 cm³/mol. The summed E-state index contributed by atoms with van der Waals surface area (Å²) in [5.74, 6) is 0. The second-order valence-corrected chi connectivity index (χ2v) is 5.97. The Labute approximate surface area is 103 Å². The first kappa shape index (κ1) is 14.2. The molecule has 0 aliphatic rings. The van der Waals surface area contributed by atoms with E-state index in [9.17, 15) is 8.42 Å². The van der Waals surface area contributed by atoms with Gasteiger partial charge in [-0.15, -0.1) is 0 Å². The van der Waals surface area contributed by atoms with Crippen molar-refractivity contribution in [1.29, 1.82) is 0 Å². The summed E-state index contributed by atoms with van der Waals surface area (Å²) in [7, 11) is -3.26. The standard InChI is InChI=1S/C12H19NO3S/c1-11(12-7-4-3-5-8-12)13(9-6-10-14)17(2,15)16/h3-5,7-8,11,14H,6,9-10H2,1-2H3. The smallest absolute Gasteiger partial charge is 0.211 e. The van der Waals surface area contributed by atoms with Gasteiger partial charge in [0.25, 0.3) is 0 Å². The van der Waals surface area contributed by atoms with Gasteiger partial charge in [-0.05, 0) is 18.9 Å². The largest absolute Gasteiger partial charge is 0.396 e. The lowest BCUT2D eigenvalue weighted by molar-refractivity contribution is 0.255. The molecule has 0 bridgehead atoms. The minimum absolute atomic E-state index is 0.00642. The summed E-state index contributed by atoms with van der Waals surface area (Å²) < 4.78 is 24.8. The average molecular weight is 257 g/mol. The van der Waals surface area contributed by atoms with Crippen LogP contribution in [0.5, 0.6) is 0 Å². The number of aliphatic hydroxyl groups is 1. The highest BCUT2D eigenvalue weighted by molar-refractivity contribution is 7.88. The molecule has 1 atom stereocenters. The van der Waals surface area contributed by atoms with Gasteiger partial charge < -0.3 is 5.11 Å². The Kier molecular flexibility index (Phi) is 5.11. The lowest BCUT2D eigenvalue weighted by Crippen LogP contribution is -2.34. The van der Waals surface area contributed by atoms with Crippen molar-refractivity contribution < 1.29 is 13.5 Å². The minimum atomic E-state index is -3.26. The molecule has 17 heavy (non-hydrogen) atoms. The molecular weight excluding hydrogens is 238 g/mol. The van der Waals surface area contributed by atoms with E-state index in [-0.39, 0.29) is 12.6 Å². The third kappa shape index (κ3) is 4.11. The van der Waals surface area contributed by atoms with E-state index in [1.165, 1.54) is 10.6 Å². The first-order chi connectivity index (χ1) is 7.96. The Morgan fingerprint density at radius 2 is 1.88 bits per heavy atom. The van der Waals surface area contributed by atoms with Crippen molar-refractivity contribution in [3.05, 3.63) is 35.9 Å². The number of sulfonamides is 1. The molecule has 0 saturated carbocycles. The van der Waals surface area contributed by atoms with Crippen LogP contribution in [0.2, 0.25) is 0 Å². The first-order valence-electron chi connectivity index (χ1n) is 5.59. The van der Waals surface area contributed by atoms with Crippen molar-refractivity contribution in [2.45, 2.75) is 19.4 Å². The molecule has 0 aliphatic carbocycles. The zero-order chi connectivity index (χ0) is 12.9. The van der Waals surface area contributed by atoms with Crippen molar-refractivity contribution in [2.75, 3.05) is 19.4 Å². The van der Waals surface area contributed by atoms with E-state index in [2.05, 4.69) is 0 Å². The van der Waals surface area contributed by atoms with Crippen LogP contribution in [0.4, 0.5) is 0 Å². The average Bonchev–Trinajstić information content (AvgIpc) is 2.29. The molecular formula is C12H19NO3S. The van der Waals surface area contributed by atoms with Gasteiger partial charge >= 0.3 is 0 Å². The molecule has 4 nitrogen and oxygen atoms in total. The topological polar surface area (TPSA) is 57.6 Å². The third-order valence-corrected chi connectivity index (χ3v) is 4.03. The quantitative estimate of drug-likeness (QED) is 0.838. The van der Waals surface area contributed by atoms with Crippen LogP contribution < -0.4 is 0 Å². The molecule has 5 heteroatoms. The van der Waals surface area contributed by atoms with Crippen molar-refractivity contribution in [3.8, 4) is 0 Å². The fourth-order valence-corrected chi connectivity index (χ4v) is 2.93. The van der Waals surface area contributed by atoms with E-state index < -0.39 is 10.0 Å². The van der Waals surface area contributed by atoms with E-state index in [1.54, 1.807) is 0 Å². The molecule has 0 radical (unpaired) electrons. The third-order valence-electron chi connectivity index (χ3n) is 2.68. The van der Waals surface area contributed by atoms with Crippen molar-refractivity contribution in [1.82, 2.24) is 4.31 Å². The van der Waals surface area contributed by atoms with Crippen molar-refractivity contribution in [2.24, 2.45) is 0 Å². The highest BCUT2D eigenvalue weighted by atomic mass is 32.2. The van der Waals surface area contributed by atoms with E-state index in [0.717, 1.165) is 5.56 Å². The molecule has 0 saturated heterocycles. The van der Waals surface area contributed by atoms with Gasteiger partial charge in [-0.1, -0.05) is 30.3 Å². The summed E-state index contributed by atoms with van der Waals surface area (Å²) in [6.45, 7) is 2.19. The summed E-state index contributed by atoms with van der Waals surface area (Å²) in [4.78, 5) is 0. The van der Waals surface area contributed by atoms with Gasteiger partial charge in [-0.3, -0.25) is 0 Å². The minimum Gasteiger partial charge on any atom is -0.396 e. The lowest BCUT2D eigenvalue weighted by Gasteiger charge is -2.26. The van der Waals surface area contributed by atoms with Crippen molar-refractivity contribution in [3.63, 3.8) is 0 Å². The summed E-state index contributed by atoms with van der Waals surface area (Å²) in [6, 6.07) is 9.27. The Bertz CT molecular complexity index is 430. The zero-order valence-corrected chi connectivity index (χ0v) is 11.0. The van der Waals surface area contributed by atoms with Crippen LogP contribution in [-0.2, 0) is 10.0 Å². The molecule has 0 spiro atoms. The Balaban J connectivity index is 2.91. The summed E-state index contributed by atoms with van der Waals surface area (Å²) in [5.41, 5.74) is 0.955. The zero-order valence-electron chi connectivity index (χ0n) is 10.2. The van der Waals surface area contributed by atoms with Crippen LogP contribution >= 0.6 is 0 Å². The van der Waals surface area contributed by atoms with Gasteiger partial charge in [0.1, 0.15) is 0 Å². The number of hydrogen-bond acceptors (Lipinski definition) is 3. The van der Waals surface area contributed by atoms with E-state index >= 15 is 0 Å². The molecule has 96 valence electrons. The highest BCUT2D eigenvalue weighted by Crippen LogP contribution is 2.22. The Morgan fingerprint density at radius 3 is 2.35 bits per heavy atom. The lowest BCUT2D eigenvalue weighted by atomic mass is 10.1.